The minimum absolute atomic E-state index is 0.0722. The number of aromatic hydroxyl groups is 1. The highest BCUT2D eigenvalue weighted by molar-refractivity contribution is 6.32. The molecule has 0 radical (unpaired) electrons. The van der Waals surface area contributed by atoms with Gasteiger partial charge < -0.3 is 9.84 Å². The quantitative estimate of drug-likeness (QED) is 0.913. The van der Waals surface area contributed by atoms with Crippen molar-refractivity contribution >= 4 is 11.6 Å². The Morgan fingerprint density at radius 3 is 2.61 bits per heavy atom. The monoisotopic (exact) mass is 263 g/mol. The van der Waals surface area contributed by atoms with Gasteiger partial charge in [0.15, 0.2) is 0 Å². The fourth-order valence-electron chi connectivity index (χ4n) is 1.60. The number of hydrogen-bond donors (Lipinski definition) is 1. The van der Waals surface area contributed by atoms with Gasteiger partial charge in [0, 0.05) is 11.8 Å². The van der Waals surface area contributed by atoms with Gasteiger partial charge >= 0.3 is 0 Å². The zero-order valence-corrected chi connectivity index (χ0v) is 11.0. The molecule has 0 saturated heterocycles. The number of hydrogen-bond acceptors (Lipinski definition) is 3. The van der Waals surface area contributed by atoms with Crippen LogP contribution in [-0.2, 0) is 0 Å². The number of aromatic nitrogens is 1. The number of pyridine rings is 1. The second kappa shape index (κ2) is 5.27. The van der Waals surface area contributed by atoms with E-state index < -0.39 is 0 Å². The fourth-order valence-corrected chi connectivity index (χ4v) is 1.78. The summed E-state index contributed by atoms with van der Waals surface area (Å²) in [5.41, 5.74) is 1.79. The largest absolute Gasteiger partial charge is 0.506 e. The molecule has 0 spiro atoms. The van der Waals surface area contributed by atoms with Crippen molar-refractivity contribution in [1.82, 2.24) is 4.98 Å². The van der Waals surface area contributed by atoms with Crippen LogP contribution in [0.5, 0.6) is 11.5 Å². The summed E-state index contributed by atoms with van der Waals surface area (Å²) in [6, 6.07) is 6.95. The van der Waals surface area contributed by atoms with Gasteiger partial charge in [-0.25, -0.2) is 0 Å². The van der Waals surface area contributed by atoms with Gasteiger partial charge in [0.1, 0.15) is 11.5 Å². The highest BCUT2D eigenvalue weighted by Gasteiger charge is 2.05. The van der Waals surface area contributed by atoms with E-state index in [-0.39, 0.29) is 11.9 Å². The van der Waals surface area contributed by atoms with Crippen molar-refractivity contribution in [2.45, 2.75) is 20.0 Å². The van der Waals surface area contributed by atoms with Crippen LogP contribution in [0.25, 0.3) is 11.1 Å². The first-order chi connectivity index (χ1) is 8.56. The molecule has 94 valence electrons. The van der Waals surface area contributed by atoms with Crippen LogP contribution in [0, 0.1) is 0 Å². The Balaban J connectivity index is 2.35. The zero-order chi connectivity index (χ0) is 13.1. The molecule has 0 aliphatic rings. The third-order valence-corrected chi connectivity index (χ3v) is 2.67. The molecule has 0 aliphatic carbocycles. The molecular formula is C14H14ClNO2. The lowest BCUT2D eigenvalue weighted by Crippen LogP contribution is -2.05. The summed E-state index contributed by atoms with van der Waals surface area (Å²) in [6.45, 7) is 3.92. The van der Waals surface area contributed by atoms with E-state index in [0.29, 0.717) is 10.8 Å². The molecule has 0 amide bonds. The van der Waals surface area contributed by atoms with Crippen LogP contribution in [0.15, 0.2) is 36.7 Å². The highest BCUT2D eigenvalue weighted by Crippen LogP contribution is 2.30. The Labute approximate surface area is 111 Å². The number of nitrogens with zero attached hydrogens (tertiary/aromatic N) is 1. The van der Waals surface area contributed by atoms with Crippen molar-refractivity contribution in [1.29, 1.82) is 0 Å². The van der Waals surface area contributed by atoms with Crippen LogP contribution >= 0.6 is 11.6 Å². The molecule has 1 heterocycles. The summed E-state index contributed by atoms with van der Waals surface area (Å²) in [5.74, 6) is 0.787. The molecule has 4 heteroatoms. The average molecular weight is 264 g/mol. The van der Waals surface area contributed by atoms with Crippen LogP contribution in [0.2, 0.25) is 5.02 Å². The molecule has 3 nitrogen and oxygen atoms in total. The summed E-state index contributed by atoms with van der Waals surface area (Å²) in [4.78, 5) is 4.14. The van der Waals surface area contributed by atoms with Gasteiger partial charge in [0.2, 0.25) is 0 Å². The van der Waals surface area contributed by atoms with Crippen molar-refractivity contribution in [2.75, 3.05) is 0 Å². The maximum atomic E-state index is 9.39. The van der Waals surface area contributed by atoms with Crippen molar-refractivity contribution < 1.29 is 9.84 Å². The lowest BCUT2D eigenvalue weighted by atomic mass is 10.1. The summed E-state index contributed by atoms with van der Waals surface area (Å²) < 4.78 is 5.59. The van der Waals surface area contributed by atoms with Gasteiger partial charge in [-0.15, -0.1) is 0 Å². The molecule has 0 unspecified atom stereocenters. The predicted octanol–water partition coefficient (Wildman–Crippen LogP) is 3.89. The predicted molar refractivity (Wildman–Crippen MR) is 72.1 cm³/mol. The molecule has 18 heavy (non-hydrogen) atoms. The van der Waals surface area contributed by atoms with E-state index in [4.69, 9.17) is 16.3 Å². The Hall–Kier alpha value is -1.74. The van der Waals surface area contributed by atoms with Gasteiger partial charge in [0.25, 0.3) is 0 Å². The molecule has 0 fully saturated rings. The van der Waals surface area contributed by atoms with Crippen LogP contribution in [0.1, 0.15) is 13.8 Å². The second-order valence-electron chi connectivity index (χ2n) is 4.24. The maximum Gasteiger partial charge on any atom is 0.138 e. The van der Waals surface area contributed by atoms with Crippen LogP contribution in [0.4, 0.5) is 0 Å². The number of phenols is 1. The first-order valence-electron chi connectivity index (χ1n) is 5.67. The van der Waals surface area contributed by atoms with Gasteiger partial charge in [0.05, 0.1) is 17.3 Å². The fraction of sp³-hybridized carbons (Fsp3) is 0.214. The van der Waals surface area contributed by atoms with Crippen molar-refractivity contribution in [3.63, 3.8) is 0 Å². The van der Waals surface area contributed by atoms with Crippen molar-refractivity contribution in [2.24, 2.45) is 0 Å². The van der Waals surface area contributed by atoms with Crippen LogP contribution < -0.4 is 4.74 Å². The maximum absolute atomic E-state index is 9.39. The van der Waals surface area contributed by atoms with Gasteiger partial charge in [-0.05, 0) is 37.6 Å². The molecule has 0 aliphatic heterocycles. The number of ether oxygens (including phenoxy) is 1. The van der Waals surface area contributed by atoms with Gasteiger partial charge in [-0.1, -0.05) is 17.7 Å². The number of benzene rings is 1. The van der Waals surface area contributed by atoms with Crippen LogP contribution in [-0.4, -0.2) is 16.2 Å². The first-order valence-corrected chi connectivity index (χ1v) is 6.04. The number of rotatable bonds is 3. The highest BCUT2D eigenvalue weighted by atomic mass is 35.5. The van der Waals surface area contributed by atoms with E-state index in [0.717, 1.165) is 11.1 Å². The second-order valence-corrected chi connectivity index (χ2v) is 4.65. The normalized spacial score (nSPS) is 10.7. The van der Waals surface area contributed by atoms with E-state index in [1.54, 1.807) is 30.6 Å². The average Bonchev–Trinajstić information content (AvgIpc) is 2.32. The lowest BCUT2D eigenvalue weighted by molar-refractivity contribution is 0.241. The Kier molecular flexibility index (Phi) is 3.72. The molecule has 2 rings (SSSR count). The van der Waals surface area contributed by atoms with E-state index >= 15 is 0 Å². The molecule has 2 aromatic rings. The molecule has 1 N–H and O–H groups in total. The third-order valence-electron chi connectivity index (χ3n) is 2.37. The van der Waals surface area contributed by atoms with E-state index in [1.807, 2.05) is 19.9 Å². The summed E-state index contributed by atoms with van der Waals surface area (Å²) in [5, 5.41) is 9.71. The zero-order valence-electron chi connectivity index (χ0n) is 10.2. The van der Waals surface area contributed by atoms with Crippen molar-refractivity contribution in [3.05, 3.63) is 41.7 Å². The van der Waals surface area contributed by atoms with Crippen molar-refractivity contribution in [3.8, 4) is 22.6 Å². The van der Waals surface area contributed by atoms with E-state index in [2.05, 4.69) is 4.98 Å². The Morgan fingerprint density at radius 2 is 1.94 bits per heavy atom. The minimum Gasteiger partial charge on any atom is -0.506 e. The minimum atomic E-state index is 0.0722. The smallest absolute Gasteiger partial charge is 0.138 e. The standard InChI is InChI=1S/C14H14ClNO2/c1-9(2)18-12-5-11(7-16-8-12)10-3-4-14(17)13(15)6-10/h3-9,17H,1-2H3. The summed E-state index contributed by atoms with van der Waals surface area (Å²) in [6.07, 6.45) is 3.51. The Bertz CT molecular complexity index is 555. The van der Waals surface area contributed by atoms with E-state index in [1.165, 1.54) is 0 Å². The molecule has 1 aromatic carbocycles. The summed E-state index contributed by atoms with van der Waals surface area (Å²) in [7, 11) is 0. The molecule has 0 saturated carbocycles. The third kappa shape index (κ3) is 2.93. The van der Waals surface area contributed by atoms with E-state index in [9.17, 15) is 5.11 Å². The lowest BCUT2D eigenvalue weighted by Gasteiger charge is -2.10. The van der Waals surface area contributed by atoms with Gasteiger partial charge in [-0.2, -0.15) is 0 Å². The molecule has 0 bridgehead atoms. The summed E-state index contributed by atoms with van der Waals surface area (Å²) >= 11 is 5.89. The molecular weight excluding hydrogens is 250 g/mol. The van der Waals surface area contributed by atoms with Gasteiger partial charge in [-0.3, -0.25) is 4.98 Å². The topological polar surface area (TPSA) is 42.4 Å². The Morgan fingerprint density at radius 1 is 1.17 bits per heavy atom. The molecule has 0 atom stereocenters. The number of phenolic OH excluding ortho intramolecular Hbond substituents is 1. The first kappa shape index (κ1) is 12.7. The van der Waals surface area contributed by atoms with Crippen LogP contribution in [0.3, 0.4) is 0 Å². The SMILES string of the molecule is CC(C)Oc1cncc(-c2ccc(O)c(Cl)c2)c1. The number of halogens is 1. The molecule has 1 aromatic heterocycles.